The Balaban J connectivity index is 2.36. The van der Waals surface area contributed by atoms with Crippen molar-refractivity contribution in [3.05, 3.63) is 42.1 Å². The van der Waals surface area contributed by atoms with Crippen LogP contribution in [-0.2, 0) is 9.57 Å². The summed E-state index contributed by atoms with van der Waals surface area (Å²) in [5.41, 5.74) is 1.45. The number of carbonyl (C=O) groups is 1. The van der Waals surface area contributed by atoms with Gasteiger partial charge in [-0.2, -0.15) is 5.10 Å². The van der Waals surface area contributed by atoms with Crippen LogP contribution >= 0.6 is 0 Å². The van der Waals surface area contributed by atoms with Crippen molar-refractivity contribution in [2.75, 3.05) is 25.4 Å². The zero-order valence-electron chi connectivity index (χ0n) is 11.9. The number of amides is 1. The molecule has 1 aromatic heterocycles. The topological polar surface area (TPSA) is 76.8 Å². The summed E-state index contributed by atoms with van der Waals surface area (Å²) in [6.45, 7) is 2.20. The molecule has 0 aliphatic carbocycles. The summed E-state index contributed by atoms with van der Waals surface area (Å²) in [7, 11) is 1.52. The summed E-state index contributed by atoms with van der Waals surface area (Å²) in [4.78, 5) is 16.7. The molecule has 1 amide bonds. The minimum atomic E-state index is -1.22. The van der Waals surface area contributed by atoms with Crippen molar-refractivity contribution >= 4 is 11.9 Å². The molecule has 21 heavy (non-hydrogen) atoms. The zero-order valence-corrected chi connectivity index (χ0v) is 11.9. The number of hydroxylamine groups is 1. The van der Waals surface area contributed by atoms with Gasteiger partial charge in [-0.1, -0.05) is 18.2 Å². The van der Waals surface area contributed by atoms with Gasteiger partial charge in [-0.05, 0) is 19.1 Å². The summed E-state index contributed by atoms with van der Waals surface area (Å²) in [6.07, 6.45) is 0.379. The molecule has 0 aliphatic rings. The Hall–Kier alpha value is -2.38. The van der Waals surface area contributed by atoms with Crippen LogP contribution in [0.4, 0.5) is 10.6 Å². The second-order valence-electron chi connectivity index (χ2n) is 4.30. The third-order valence-electron chi connectivity index (χ3n) is 2.79. The van der Waals surface area contributed by atoms with E-state index in [-0.39, 0.29) is 6.61 Å². The summed E-state index contributed by atoms with van der Waals surface area (Å²) in [5, 5.41) is 14.4. The Morgan fingerprint density at radius 2 is 2.05 bits per heavy atom. The summed E-state index contributed by atoms with van der Waals surface area (Å²) >= 11 is 0. The Morgan fingerprint density at radius 1 is 1.33 bits per heavy atom. The number of para-hydroxylation sites is 1. The third kappa shape index (κ3) is 3.39. The number of rotatable bonds is 6. The van der Waals surface area contributed by atoms with E-state index in [0.29, 0.717) is 18.0 Å². The number of ether oxygens (including phenoxy) is 1. The molecule has 0 saturated heterocycles. The predicted molar refractivity (Wildman–Crippen MR) is 76.6 cm³/mol. The third-order valence-corrected chi connectivity index (χ3v) is 2.79. The van der Waals surface area contributed by atoms with Crippen molar-refractivity contribution in [3.63, 3.8) is 0 Å². The van der Waals surface area contributed by atoms with Gasteiger partial charge in [0, 0.05) is 12.7 Å². The molecule has 0 saturated carbocycles. The van der Waals surface area contributed by atoms with Crippen molar-refractivity contribution < 1.29 is 19.5 Å². The zero-order chi connectivity index (χ0) is 15.2. The Labute approximate surface area is 122 Å². The van der Waals surface area contributed by atoms with Crippen LogP contribution in [0, 0.1) is 6.92 Å². The normalized spacial score (nSPS) is 10.6. The first-order valence-electron chi connectivity index (χ1n) is 6.40. The van der Waals surface area contributed by atoms with Gasteiger partial charge in [0.25, 0.3) is 0 Å². The number of aromatic nitrogens is 2. The highest BCUT2D eigenvalue weighted by atomic mass is 16.7. The van der Waals surface area contributed by atoms with Crippen LogP contribution < -0.4 is 5.06 Å². The highest BCUT2D eigenvalue weighted by Gasteiger charge is 2.23. The number of anilines is 1. The van der Waals surface area contributed by atoms with Gasteiger partial charge in [0.05, 0.1) is 25.1 Å². The molecule has 0 bridgehead atoms. The van der Waals surface area contributed by atoms with Crippen molar-refractivity contribution in [1.82, 2.24) is 9.78 Å². The van der Waals surface area contributed by atoms with Crippen LogP contribution in [0.2, 0.25) is 0 Å². The summed E-state index contributed by atoms with van der Waals surface area (Å²) in [5.74, 6) is 0.352. The van der Waals surface area contributed by atoms with Crippen molar-refractivity contribution in [3.8, 4) is 5.69 Å². The molecule has 1 aromatic carbocycles. The van der Waals surface area contributed by atoms with Gasteiger partial charge < -0.3 is 9.84 Å². The number of carboxylic acid groups (broad SMARTS) is 1. The van der Waals surface area contributed by atoms with E-state index in [1.54, 1.807) is 13.1 Å². The van der Waals surface area contributed by atoms with Gasteiger partial charge in [0.2, 0.25) is 0 Å². The first-order valence-corrected chi connectivity index (χ1v) is 6.40. The molecule has 0 fully saturated rings. The molecule has 1 heterocycles. The maximum Gasteiger partial charge on any atom is 0.437 e. The fourth-order valence-corrected chi connectivity index (χ4v) is 1.85. The minimum absolute atomic E-state index is 0.127. The van der Waals surface area contributed by atoms with Crippen LogP contribution in [-0.4, -0.2) is 41.3 Å². The molecule has 112 valence electrons. The fourth-order valence-electron chi connectivity index (χ4n) is 1.85. The van der Waals surface area contributed by atoms with Gasteiger partial charge in [0.15, 0.2) is 5.82 Å². The van der Waals surface area contributed by atoms with Gasteiger partial charge in [0.1, 0.15) is 0 Å². The highest BCUT2D eigenvalue weighted by molar-refractivity contribution is 5.83. The van der Waals surface area contributed by atoms with Crippen LogP contribution in [0.3, 0.4) is 0 Å². The number of benzene rings is 1. The Kier molecular flexibility index (Phi) is 4.91. The largest absolute Gasteiger partial charge is 0.463 e. The van der Waals surface area contributed by atoms with Gasteiger partial charge >= 0.3 is 6.09 Å². The smallest absolute Gasteiger partial charge is 0.437 e. The SMILES string of the molecule is COCCON(C(=O)O)c1c(C)cnn1-c1ccccc1. The molecule has 0 unspecified atom stereocenters. The minimum Gasteiger partial charge on any atom is -0.463 e. The van der Waals surface area contributed by atoms with E-state index in [2.05, 4.69) is 5.10 Å². The van der Waals surface area contributed by atoms with E-state index >= 15 is 0 Å². The van der Waals surface area contributed by atoms with E-state index in [1.165, 1.54) is 11.8 Å². The van der Waals surface area contributed by atoms with E-state index < -0.39 is 6.09 Å². The maximum absolute atomic E-state index is 11.4. The highest BCUT2D eigenvalue weighted by Crippen LogP contribution is 2.24. The van der Waals surface area contributed by atoms with Crippen LogP contribution in [0.5, 0.6) is 0 Å². The summed E-state index contributed by atoms with van der Waals surface area (Å²) in [6, 6.07) is 9.26. The first kappa shape index (κ1) is 15.0. The molecule has 7 heteroatoms. The number of nitrogens with zero attached hydrogens (tertiary/aromatic N) is 3. The second-order valence-corrected chi connectivity index (χ2v) is 4.30. The monoisotopic (exact) mass is 291 g/mol. The quantitative estimate of drug-likeness (QED) is 0.652. The number of methoxy groups -OCH3 is 1. The molecule has 0 radical (unpaired) electrons. The van der Waals surface area contributed by atoms with E-state index in [9.17, 15) is 9.90 Å². The Morgan fingerprint density at radius 3 is 2.67 bits per heavy atom. The number of aryl methyl sites for hydroxylation is 1. The van der Waals surface area contributed by atoms with Crippen molar-refractivity contribution in [1.29, 1.82) is 0 Å². The van der Waals surface area contributed by atoms with Crippen LogP contribution in [0.25, 0.3) is 5.69 Å². The lowest BCUT2D eigenvalue weighted by atomic mass is 10.3. The average molecular weight is 291 g/mol. The maximum atomic E-state index is 11.4. The van der Waals surface area contributed by atoms with Gasteiger partial charge in [-0.15, -0.1) is 5.06 Å². The molecule has 1 N–H and O–H groups in total. The van der Waals surface area contributed by atoms with E-state index in [1.807, 2.05) is 30.3 Å². The molecule has 0 atom stereocenters. The van der Waals surface area contributed by atoms with E-state index in [4.69, 9.17) is 9.57 Å². The molecule has 0 aliphatic heterocycles. The lowest BCUT2D eigenvalue weighted by Crippen LogP contribution is -2.33. The number of hydrogen-bond acceptors (Lipinski definition) is 4. The molecular weight excluding hydrogens is 274 g/mol. The number of hydrogen-bond donors (Lipinski definition) is 1. The summed E-state index contributed by atoms with van der Waals surface area (Å²) < 4.78 is 6.39. The molecule has 2 aromatic rings. The predicted octanol–water partition coefficient (Wildman–Crippen LogP) is 2.24. The Bertz CT molecular complexity index is 598. The van der Waals surface area contributed by atoms with Crippen molar-refractivity contribution in [2.45, 2.75) is 6.92 Å². The second kappa shape index (κ2) is 6.87. The van der Waals surface area contributed by atoms with Crippen LogP contribution in [0.1, 0.15) is 5.56 Å². The standard InChI is InChI=1S/C14H17N3O4/c1-11-10-15-16(12-6-4-3-5-7-12)13(11)17(14(18)19)21-9-8-20-2/h3-7,10H,8-9H2,1-2H3,(H,18,19). The molecule has 2 rings (SSSR count). The molecular formula is C14H17N3O4. The molecule has 0 spiro atoms. The average Bonchev–Trinajstić information content (AvgIpc) is 2.86. The van der Waals surface area contributed by atoms with Gasteiger partial charge in [-0.25, -0.2) is 9.48 Å². The molecule has 7 nitrogen and oxygen atoms in total. The lowest BCUT2D eigenvalue weighted by molar-refractivity contribution is 0.0521. The fraction of sp³-hybridized carbons (Fsp3) is 0.286. The van der Waals surface area contributed by atoms with Gasteiger partial charge in [-0.3, -0.25) is 4.84 Å². The van der Waals surface area contributed by atoms with Crippen LogP contribution in [0.15, 0.2) is 36.5 Å². The van der Waals surface area contributed by atoms with E-state index in [0.717, 1.165) is 10.8 Å². The first-order chi connectivity index (χ1) is 10.1. The van der Waals surface area contributed by atoms with Crippen molar-refractivity contribution in [2.24, 2.45) is 0 Å². The lowest BCUT2D eigenvalue weighted by Gasteiger charge is -2.20.